The van der Waals surface area contributed by atoms with Gasteiger partial charge in [0, 0.05) is 11.6 Å². The number of thioether (sulfide) groups is 1. The molecule has 0 atom stereocenters. The van der Waals surface area contributed by atoms with Crippen LogP contribution in [0.2, 0.25) is 0 Å². The molecule has 1 amide bonds. The van der Waals surface area contributed by atoms with Gasteiger partial charge in [-0.25, -0.2) is 0 Å². The Morgan fingerprint density at radius 3 is 2.50 bits per heavy atom. The Morgan fingerprint density at radius 2 is 1.88 bits per heavy atom. The van der Waals surface area contributed by atoms with E-state index in [0.717, 1.165) is 5.56 Å². The second-order valence-corrected chi connectivity index (χ2v) is 7.72. The lowest BCUT2D eigenvalue weighted by Crippen LogP contribution is -2.39. The van der Waals surface area contributed by atoms with E-state index in [1.165, 1.54) is 43.0 Å². The summed E-state index contributed by atoms with van der Waals surface area (Å²) in [7, 11) is 0. The molecule has 1 aromatic heterocycles. The fourth-order valence-electron chi connectivity index (χ4n) is 2.97. The smallest absolute Gasteiger partial charge is 0.277 e. The molecule has 0 spiro atoms. The summed E-state index contributed by atoms with van der Waals surface area (Å²) in [5, 5.41) is 11.7. The van der Waals surface area contributed by atoms with E-state index < -0.39 is 0 Å². The number of hydrogen-bond acceptors (Lipinski definition) is 5. The van der Waals surface area contributed by atoms with Gasteiger partial charge in [-0.05, 0) is 56.6 Å². The minimum Gasteiger partial charge on any atom is -0.411 e. The van der Waals surface area contributed by atoms with E-state index in [2.05, 4.69) is 15.5 Å². The highest BCUT2D eigenvalue weighted by molar-refractivity contribution is 7.99. The number of nitrogens with zero attached hydrogens (tertiary/aromatic N) is 2. The van der Waals surface area contributed by atoms with Crippen LogP contribution >= 0.6 is 11.8 Å². The molecule has 2 fully saturated rings. The second kappa shape index (κ2) is 6.59. The van der Waals surface area contributed by atoms with Gasteiger partial charge in [-0.3, -0.25) is 4.79 Å². The van der Waals surface area contributed by atoms with E-state index >= 15 is 0 Å². The molecule has 5 nitrogen and oxygen atoms in total. The highest BCUT2D eigenvalue weighted by Gasteiger charge is 2.42. The molecule has 6 heteroatoms. The fourth-order valence-corrected chi connectivity index (χ4v) is 3.54. The van der Waals surface area contributed by atoms with Gasteiger partial charge in [0.05, 0.1) is 5.75 Å². The molecule has 2 aromatic rings. The first kappa shape index (κ1) is 15.7. The number of rotatable bonds is 7. The van der Waals surface area contributed by atoms with Crippen LogP contribution in [-0.4, -0.2) is 27.9 Å². The Morgan fingerprint density at radius 1 is 1.21 bits per heavy atom. The largest absolute Gasteiger partial charge is 0.411 e. The highest BCUT2D eigenvalue weighted by atomic mass is 32.2. The maximum atomic E-state index is 12.2. The molecule has 0 saturated heterocycles. The van der Waals surface area contributed by atoms with Crippen LogP contribution in [0.3, 0.4) is 0 Å². The van der Waals surface area contributed by atoms with Crippen molar-refractivity contribution in [2.75, 3.05) is 5.75 Å². The van der Waals surface area contributed by atoms with Crippen LogP contribution in [0.25, 0.3) is 11.5 Å². The first-order valence-corrected chi connectivity index (χ1v) is 9.50. The Hall–Kier alpha value is -1.82. The molecular formula is C18H21N3O2S. The first-order valence-electron chi connectivity index (χ1n) is 8.52. The maximum Gasteiger partial charge on any atom is 0.277 e. The van der Waals surface area contributed by atoms with Crippen molar-refractivity contribution in [2.24, 2.45) is 11.8 Å². The van der Waals surface area contributed by atoms with Crippen molar-refractivity contribution < 1.29 is 9.21 Å². The predicted octanol–water partition coefficient (Wildman–Crippen LogP) is 3.44. The van der Waals surface area contributed by atoms with Crippen molar-refractivity contribution in [3.05, 3.63) is 29.8 Å². The topological polar surface area (TPSA) is 68.0 Å². The number of nitrogens with one attached hydrogen (secondary N) is 1. The molecule has 2 aliphatic rings. The zero-order valence-electron chi connectivity index (χ0n) is 13.7. The SMILES string of the molecule is Cc1ccc(-c2nnc(SCC(=O)NC(C3CC3)C3CC3)o2)cc1. The quantitative estimate of drug-likeness (QED) is 0.780. The monoisotopic (exact) mass is 343 g/mol. The molecular weight excluding hydrogens is 322 g/mol. The van der Waals surface area contributed by atoms with E-state index in [1.54, 1.807) is 0 Å². The summed E-state index contributed by atoms with van der Waals surface area (Å²) in [5.41, 5.74) is 2.08. The van der Waals surface area contributed by atoms with Gasteiger partial charge in [0.1, 0.15) is 0 Å². The predicted molar refractivity (Wildman–Crippen MR) is 92.6 cm³/mol. The van der Waals surface area contributed by atoms with Crippen LogP contribution in [0.5, 0.6) is 0 Å². The number of benzene rings is 1. The van der Waals surface area contributed by atoms with Crippen LogP contribution in [0.15, 0.2) is 33.9 Å². The minimum absolute atomic E-state index is 0.0684. The van der Waals surface area contributed by atoms with Crippen LogP contribution in [0.4, 0.5) is 0 Å². The summed E-state index contributed by atoms with van der Waals surface area (Å²) in [5.74, 6) is 2.31. The lowest BCUT2D eigenvalue weighted by atomic mass is 10.1. The summed E-state index contributed by atoms with van der Waals surface area (Å²) >= 11 is 1.30. The second-order valence-electron chi connectivity index (χ2n) is 6.80. The standard InChI is InChI=1S/C18H21N3O2S/c1-11-2-4-14(5-3-11)17-20-21-18(23-17)24-10-15(22)19-16(12-6-7-12)13-8-9-13/h2-5,12-13,16H,6-10H2,1H3,(H,19,22). The van der Waals surface area contributed by atoms with Gasteiger partial charge in [0.2, 0.25) is 11.8 Å². The molecule has 0 aliphatic heterocycles. The summed E-state index contributed by atoms with van der Waals surface area (Å²) in [6, 6.07) is 8.33. The first-order chi connectivity index (χ1) is 11.7. The Bertz CT molecular complexity index is 708. The van der Waals surface area contributed by atoms with Gasteiger partial charge >= 0.3 is 0 Å². The van der Waals surface area contributed by atoms with E-state index in [9.17, 15) is 4.79 Å². The normalized spacial score (nSPS) is 17.2. The van der Waals surface area contributed by atoms with Crippen molar-refractivity contribution in [3.63, 3.8) is 0 Å². The Labute approximate surface area is 145 Å². The van der Waals surface area contributed by atoms with Crippen molar-refractivity contribution in [2.45, 2.75) is 43.9 Å². The molecule has 1 N–H and O–H groups in total. The third kappa shape index (κ3) is 3.80. The third-order valence-electron chi connectivity index (χ3n) is 4.62. The molecule has 4 rings (SSSR count). The lowest BCUT2D eigenvalue weighted by molar-refractivity contribution is -0.119. The van der Waals surface area contributed by atoms with Crippen LogP contribution in [0.1, 0.15) is 31.2 Å². The highest BCUT2D eigenvalue weighted by Crippen LogP contribution is 2.44. The number of amides is 1. The molecule has 1 aromatic carbocycles. The van der Waals surface area contributed by atoms with Crippen LogP contribution in [0, 0.1) is 18.8 Å². The van der Waals surface area contributed by atoms with Crippen LogP contribution < -0.4 is 5.32 Å². The lowest BCUT2D eigenvalue weighted by Gasteiger charge is -2.17. The molecule has 1 heterocycles. The Balaban J connectivity index is 1.31. The average Bonchev–Trinajstić information content (AvgIpc) is 3.50. The van der Waals surface area contributed by atoms with E-state index in [-0.39, 0.29) is 5.91 Å². The molecule has 0 radical (unpaired) electrons. The molecule has 126 valence electrons. The maximum absolute atomic E-state index is 12.2. The average molecular weight is 343 g/mol. The summed E-state index contributed by atoms with van der Waals surface area (Å²) in [6.07, 6.45) is 5.05. The van der Waals surface area contributed by atoms with Gasteiger partial charge in [-0.15, -0.1) is 10.2 Å². The van der Waals surface area contributed by atoms with Crippen LogP contribution in [-0.2, 0) is 4.79 Å². The summed E-state index contributed by atoms with van der Waals surface area (Å²) in [6.45, 7) is 2.04. The van der Waals surface area contributed by atoms with E-state index in [0.29, 0.717) is 34.7 Å². The number of hydrogen-bond donors (Lipinski definition) is 1. The minimum atomic E-state index is 0.0684. The summed E-state index contributed by atoms with van der Waals surface area (Å²) in [4.78, 5) is 12.2. The van der Waals surface area contributed by atoms with Gasteiger partial charge in [0.25, 0.3) is 5.22 Å². The third-order valence-corrected chi connectivity index (χ3v) is 5.44. The Kier molecular flexibility index (Phi) is 4.31. The number of aromatic nitrogens is 2. The van der Waals surface area contributed by atoms with Crippen molar-refractivity contribution >= 4 is 17.7 Å². The number of carbonyl (C=O) groups excluding carboxylic acids is 1. The molecule has 0 unspecified atom stereocenters. The van der Waals surface area contributed by atoms with Gasteiger partial charge in [0.15, 0.2) is 0 Å². The van der Waals surface area contributed by atoms with Crippen molar-refractivity contribution in [1.82, 2.24) is 15.5 Å². The molecule has 0 bridgehead atoms. The number of carbonyl (C=O) groups is 1. The van der Waals surface area contributed by atoms with Gasteiger partial charge in [-0.1, -0.05) is 29.5 Å². The van der Waals surface area contributed by atoms with Crippen molar-refractivity contribution in [1.29, 1.82) is 0 Å². The molecule has 24 heavy (non-hydrogen) atoms. The fraction of sp³-hybridized carbons (Fsp3) is 0.500. The zero-order valence-corrected chi connectivity index (χ0v) is 14.5. The molecule has 2 aliphatic carbocycles. The van der Waals surface area contributed by atoms with Gasteiger partial charge < -0.3 is 9.73 Å². The molecule has 2 saturated carbocycles. The van der Waals surface area contributed by atoms with E-state index in [4.69, 9.17) is 4.42 Å². The van der Waals surface area contributed by atoms with E-state index in [1.807, 2.05) is 31.2 Å². The van der Waals surface area contributed by atoms with Gasteiger partial charge in [-0.2, -0.15) is 0 Å². The summed E-state index contributed by atoms with van der Waals surface area (Å²) < 4.78 is 5.65. The zero-order chi connectivity index (χ0) is 16.5. The number of aryl methyl sites for hydroxylation is 1. The van der Waals surface area contributed by atoms with Crippen molar-refractivity contribution in [3.8, 4) is 11.5 Å².